The van der Waals surface area contributed by atoms with E-state index < -0.39 is 42.2 Å². The van der Waals surface area contributed by atoms with E-state index in [0.717, 1.165) is 0 Å². The third-order valence-electron chi connectivity index (χ3n) is 7.25. The number of aliphatic imine (C=N–C) groups is 1. The second-order valence-electron chi connectivity index (χ2n) is 11.6. The van der Waals surface area contributed by atoms with Crippen LogP contribution in [-0.2, 0) is 10.3 Å². The van der Waals surface area contributed by atoms with Gasteiger partial charge in [0.15, 0.2) is 5.54 Å². The number of hydrogen-bond acceptors (Lipinski definition) is 6. The Morgan fingerprint density at radius 3 is 2.43 bits per heavy atom. The Morgan fingerprint density at radius 1 is 1.14 bits per heavy atom. The lowest BCUT2D eigenvalue weighted by molar-refractivity contribution is -0.135. The van der Waals surface area contributed by atoms with Gasteiger partial charge in [0.05, 0.1) is 24.5 Å². The zero-order valence-corrected chi connectivity index (χ0v) is 24.8. The average molecular weight is 626 g/mol. The Hall–Kier alpha value is -4.62. The van der Waals surface area contributed by atoms with E-state index in [9.17, 15) is 28.6 Å². The number of aliphatic hydroxyl groups is 1. The summed E-state index contributed by atoms with van der Waals surface area (Å²) in [6, 6.07) is 12.3. The number of amides is 2. The number of rotatable bonds is 8. The quantitative estimate of drug-likeness (QED) is 0.194. The van der Waals surface area contributed by atoms with Gasteiger partial charge in [-0.2, -0.15) is 19.0 Å². The van der Waals surface area contributed by atoms with Crippen LogP contribution >= 0.6 is 11.6 Å². The molecule has 4 N–H and O–H groups in total. The number of aliphatic hydroxyl groups excluding tert-OH is 1. The summed E-state index contributed by atoms with van der Waals surface area (Å²) in [6.07, 6.45) is 2.84. The van der Waals surface area contributed by atoms with E-state index in [1.807, 2.05) is 20.8 Å². The summed E-state index contributed by atoms with van der Waals surface area (Å²) in [5, 5.41) is 33.5. The first kappa shape index (κ1) is 30.8. The molecule has 0 bridgehead atoms. The average Bonchev–Trinajstić information content (AvgIpc) is 3.72. The van der Waals surface area contributed by atoms with Crippen molar-refractivity contribution in [1.82, 2.24) is 30.2 Å². The third kappa shape index (κ3) is 5.92. The summed E-state index contributed by atoms with van der Waals surface area (Å²) in [6.45, 7) is 2.44. The third-order valence-corrected chi connectivity index (χ3v) is 7.58. The van der Waals surface area contributed by atoms with Crippen molar-refractivity contribution in [2.45, 2.75) is 45.3 Å². The maximum atomic E-state index is 14.6. The molecule has 1 aliphatic heterocycles. The largest absolute Gasteiger partial charge is 0.465 e. The van der Waals surface area contributed by atoms with Crippen molar-refractivity contribution in [3.05, 3.63) is 83.3 Å². The number of carboxylic acid groups (broad SMARTS) is 1. The number of aromatic amines is 1. The first-order valence-corrected chi connectivity index (χ1v) is 14.0. The summed E-state index contributed by atoms with van der Waals surface area (Å²) in [5.74, 6) is -0.794. The van der Waals surface area contributed by atoms with Crippen molar-refractivity contribution in [3.63, 3.8) is 0 Å². The number of guanidine groups is 1. The van der Waals surface area contributed by atoms with Crippen LogP contribution in [0.1, 0.15) is 50.9 Å². The summed E-state index contributed by atoms with van der Waals surface area (Å²) in [7, 11) is 0. The van der Waals surface area contributed by atoms with Gasteiger partial charge in [0.1, 0.15) is 0 Å². The summed E-state index contributed by atoms with van der Waals surface area (Å²) in [4.78, 5) is 32.4. The Morgan fingerprint density at radius 2 is 1.86 bits per heavy atom. The Kier molecular flexibility index (Phi) is 8.28. The molecule has 2 atom stereocenters. The highest BCUT2D eigenvalue weighted by atomic mass is 35.5. The summed E-state index contributed by atoms with van der Waals surface area (Å²) >= 11 is 6.45. The van der Waals surface area contributed by atoms with Crippen LogP contribution in [0.25, 0.3) is 22.4 Å². The number of hydrogen-bond donors (Lipinski definition) is 4. The fraction of sp³-hybridized carbons (Fsp3) is 0.300. The summed E-state index contributed by atoms with van der Waals surface area (Å²) in [5.41, 5.74) is 1.12. The molecular formula is C30H30ClF2N7O4. The Labute approximate surface area is 256 Å². The molecule has 230 valence electrons. The van der Waals surface area contributed by atoms with Gasteiger partial charge in [0.25, 0.3) is 5.91 Å². The van der Waals surface area contributed by atoms with Crippen molar-refractivity contribution >= 4 is 29.6 Å². The maximum Gasteiger partial charge on any atom is 0.411 e. The highest BCUT2D eigenvalue weighted by molar-refractivity contribution is 6.33. The van der Waals surface area contributed by atoms with E-state index in [1.165, 1.54) is 17.3 Å². The number of alkyl halides is 2. The lowest BCUT2D eigenvalue weighted by Crippen LogP contribution is -2.49. The minimum Gasteiger partial charge on any atom is -0.465 e. The van der Waals surface area contributed by atoms with Crippen LogP contribution in [0.2, 0.25) is 5.02 Å². The molecule has 0 fully saturated rings. The van der Waals surface area contributed by atoms with Gasteiger partial charge in [-0.25, -0.2) is 14.5 Å². The van der Waals surface area contributed by atoms with Crippen molar-refractivity contribution < 1.29 is 28.6 Å². The predicted octanol–water partition coefficient (Wildman–Crippen LogP) is 5.82. The van der Waals surface area contributed by atoms with Crippen molar-refractivity contribution in [2.24, 2.45) is 10.4 Å². The second-order valence-corrected chi connectivity index (χ2v) is 12.0. The highest BCUT2D eigenvalue weighted by Gasteiger charge is 2.53. The zero-order valence-electron chi connectivity index (χ0n) is 24.0. The van der Waals surface area contributed by atoms with Gasteiger partial charge in [-0.15, -0.1) is 0 Å². The van der Waals surface area contributed by atoms with Crippen LogP contribution in [0.15, 0.2) is 72.1 Å². The van der Waals surface area contributed by atoms with E-state index in [4.69, 9.17) is 16.6 Å². The monoisotopic (exact) mass is 625 g/mol. The molecule has 0 radical (unpaired) electrons. The predicted molar refractivity (Wildman–Crippen MR) is 159 cm³/mol. The fourth-order valence-electron chi connectivity index (χ4n) is 5.45. The molecule has 14 heteroatoms. The molecule has 5 rings (SSSR count). The first-order chi connectivity index (χ1) is 20.8. The van der Waals surface area contributed by atoms with Crippen LogP contribution in [0.5, 0.6) is 0 Å². The number of nitrogens with zero attached hydrogens (tertiary/aromatic N) is 5. The zero-order chi connectivity index (χ0) is 31.8. The molecule has 1 aliphatic rings. The topological polar surface area (TPSA) is 149 Å². The van der Waals surface area contributed by atoms with E-state index >= 15 is 0 Å². The molecule has 44 heavy (non-hydrogen) atoms. The smallest absolute Gasteiger partial charge is 0.411 e. The van der Waals surface area contributed by atoms with Gasteiger partial charge < -0.3 is 10.2 Å². The van der Waals surface area contributed by atoms with Crippen LogP contribution < -0.4 is 5.32 Å². The second kappa shape index (κ2) is 11.8. The van der Waals surface area contributed by atoms with Gasteiger partial charge in [-0.3, -0.25) is 20.1 Å². The number of halogens is 3. The number of aromatic nitrogens is 4. The van der Waals surface area contributed by atoms with Gasteiger partial charge in [-0.1, -0.05) is 62.7 Å². The van der Waals surface area contributed by atoms with Crippen LogP contribution in [0, 0.1) is 5.41 Å². The minimum absolute atomic E-state index is 0.182. The van der Waals surface area contributed by atoms with Crippen molar-refractivity contribution in [2.75, 3.05) is 6.61 Å². The Bertz CT molecular complexity index is 1700. The number of nitrogens with one attached hydrogen (secondary N) is 2. The maximum absolute atomic E-state index is 14.6. The molecule has 0 saturated carbocycles. The molecule has 0 saturated heterocycles. The van der Waals surface area contributed by atoms with Crippen LogP contribution in [0.4, 0.5) is 13.6 Å². The van der Waals surface area contributed by atoms with Crippen LogP contribution in [-0.4, -0.2) is 59.7 Å². The number of carbonyl (C=O) groups is 2. The molecule has 0 aliphatic carbocycles. The molecule has 2 aromatic heterocycles. The molecular weight excluding hydrogens is 596 g/mol. The minimum atomic E-state index is -2.79. The van der Waals surface area contributed by atoms with E-state index in [0.29, 0.717) is 43.2 Å². The van der Waals surface area contributed by atoms with E-state index in [2.05, 4.69) is 20.6 Å². The first-order valence-electron chi connectivity index (χ1n) is 13.6. The molecule has 1 unspecified atom stereocenters. The van der Waals surface area contributed by atoms with Crippen molar-refractivity contribution in [3.8, 4) is 22.4 Å². The lowest BCUT2D eigenvalue weighted by atomic mass is 9.75. The van der Waals surface area contributed by atoms with E-state index in [1.54, 1.807) is 54.7 Å². The number of benzene rings is 2. The number of carbonyl (C=O) groups excluding carboxylic acids is 1. The molecule has 2 aromatic carbocycles. The SMILES string of the molecule is CC(C)(C)C[C@]1(c2ccc(-c3cnn(C(F)F)c3)cc2)N=C(NC(=O)O)N(C(CO)c2ccc(Cl)c(-c3ccn[nH]3)c2)C1=O. The molecule has 11 nitrogen and oxygen atoms in total. The summed E-state index contributed by atoms with van der Waals surface area (Å²) < 4.78 is 26.7. The molecule has 4 aromatic rings. The van der Waals surface area contributed by atoms with Crippen molar-refractivity contribution in [1.29, 1.82) is 0 Å². The standard InChI is InChI=1S/C30H30ClF2N7O4/c1-29(2,3)16-30(20-7-4-17(5-8-20)19-13-35-39(14-19)26(32)33)25(42)40(27(37-30)36-28(43)44)24(15-41)18-6-9-22(31)21(12-18)23-10-11-34-38-23/h4-14,24,26,41H,15-16H2,1-3H3,(H,34,38)(H,36,37)(H,43,44)/t24?,30-/m1/s1. The van der Waals surface area contributed by atoms with E-state index in [-0.39, 0.29) is 12.4 Å². The Balaban J connectivity index is 1.60. The van der Waals surface area contributed by atoms with Gasteiger partial charge >= 0.3 is 12.6 Å². The van der Waals surface area contributed by atoms with Crippen LogP contribution in [0.3, 0.4) is 0 Å². The van der Waals surface area contributed by atoms with Gasteiger partial charge in [0, 0.05) is 28.5 Å². The fourth-order valence-corrected chi connectivity index (χ4v) is 5.67. The normalized spacial score (nSPS) is 17.7. The van der Waals surface area contributed by atoms with Gasteiger partial charge in [0.2, 0.25) is 5.96 Å². The molecule has 3 heterocycles. The lowest BCUT2D eigenvalue weighted by Gasteiger charge is -2.34. The molecule has 2 amide bonds. The highest BCUT2D eigenvalue weighted by Crippen LogP contribution is 2.45. The number of H-pyrrole nitrogens is 1. The van der Waals surface area contributed by atoms with Gasteiger partial charge in [-0.05, 0) is 46.7 Å². The molecule has 0 spiro atoms.